The van der Waals surface area contributed by atoms with Crippen molar-refractivity contribution in [1.29, 1.82) is 0 Å². The summed E-state index contributed by atoms with van der Waals surface area (Å²) in [4.78, 5) is 10.7. The third-order valence-corrected chi connectivity index (χ3v) is 3.77. The molecule has 3 aliphatic rings. The van der Waals surface area contributed by atoms with E-state index in [9.17, 15) is 4.79 Å². The average Bonchev–Trinajstić information content (AvgIpc) is 2.75. The van der Waals surface area contributed by atoms with Gasteiger partial charge in [-0.15, -0.1) is 0 Å². The quantitative estimate of drug-likeness (QED) is 0.423. The van der Waals surface area contributed by atoms with Crippen LogP contribution in [0.1, 0.15) is 12.8 Å². The van der Waals surface area contributed by atoms with Gasteiger partial charge >= 0.3 is 0 Å². The summed E-state index contributed by atoms with van der Waals surface area (Å²) in [5.41, 5.74) is 1.08. The summed E-state index contributed by atoms with van der Waals surface area (Å²) in [7, 11) is 0. The Balaban J connectivity index is 2.01. The van der Waals surface area contributed by atoms with Crippen LogP contribution in [0, 0.1) is 23.7 Å². The van der Waals surface area contributed by atoms with E-state index < -0.39 is 0 Å². The third kappa shape index (κ3) is 0.626. The van der Waals surface area contributed by atoms with Crippen LogP contribution in [0.4, 0.5) is 0 Å². The molecule has 0 unspecified atom stereocenters. The molecule has 3 rings (SSSR count). The molecule has 62 valence electrons. The van der Waals surface area contributed by atoms with Crippen LogP contribution in [0.3, 0.4) is 0 Å². The van der Waals surface area contributed by atoms with E-state index in [1.54, 1.807) is 0 Å². The minimum absolute atomic E-state index is 0.580. The Kier molecular flexibility index (Phi) is 1.16. The summed E-state index contributed by atoms with van der Waals surface area (Å²) in [6, 6.07) is 0. The molecule has 3 aliphatic carbocycles. The van der Waals surface area contributed by atoms with Crippen LogP contribution in [-0.4, -0.2) is 6.29 Å². The normalized spacial score (nSPS) is 47.8. The molecular weight excluding hydrogens is 148 g/mol. The van der Waals surface area contributed by atoms with Crippen molar-refractivity contribution < 1.29 is 4.79 Å². The van der Waals surface area contributed by atoms with E-state index in [0.717, 1.165) is 23.7 Å². The van der Waals surface area contributed by atoms with Gasteiger partial charge in [0.1, 0.15) is 6.29 Å². The van der Waals surface area contributed by atoms with Gasteiger partial charge in [-0.1, -0.05) is 18.2 Å². The number of carbonyl (C=O) groups is 1. The molecule has 0 amide bonds. The fraction of sp³-hybridized carbons (Fsp3) is 0.545. The molecule has 0 radical (unpaired) electrons. The Morgan fingerprint density at radius 3 is 3.25 bits per heavy atom. The lowest BCUT2D eigenvalue weighted by atomic mass is 9.82. The fourth-order valence-electron chi connectivity index (χ4n) is 3.26. The van der Waals surface area contributed by atoms with Crippen LogP contribution in [0.25, 0.3) is 0 Å². The van der Waals surface area contributed by atoms with Gasteiger partial charge in [0.05, 0.1) is 0 Å². The van der Waals surface area contributed by atoms with Crippen molar-refractivity contribution in [3.05, 3.63) is 23.8 Å². The van der Waals surface area contributed by atoms with Crippen LogP contribution in [0.2, 0.25) is 0 Å². The second-order valence-electron chi connectivity index (χ2n) is 4.20. The zero-order chi connectivity index (χ0) is 8.13. The lowest BCUT2D eigenvalue weighted by Gasteiger charge is -2.21. The maximum atomic E-state index is 10.7. The van der Waals surface area contributed by atoms with Gasteiger partial charge in [-0.3, -0.25) is 4.79 Å². The molecule has 1 fully saturated rings. The first kappa shape index (κ1) is 6.64. The van der Waals surface area contributed by atoms with Crippen molar-refractivity contribution in [3.8, 4) is 0 Å². The van der Waals surface area contributed by atoms with E-state index in [0.29, 0.717) is 11.8 Å². The zero-order valence-corrected chi connectivity index (χ0v) is 6.94. The highest BCUT2D eigenvalue weighted by molar-refractivity contribution is 5.76. The molecule has 0 N–H and O–H groups in total. The van der Waals surface area contributed by atoms with Crippen molar-refractivity contribution in [2.24, 2.45) is 23.7 Å². The summed E-state index contributed by atoms with van der Waals surface area (Å²) >= 11 is 0. The molecule has 0 heterocycles. The molecule has 0 saturated heterocycles. The summed E-state index contributed by atoms with van der Waals surface area (Å²) in [6.07, 6.45) is 10.4. The monoisotopic (exact) mass is 160 g/mol. The van der Waals surface area contributed by atoms with Crippen molar-refractivity contribution in [2.45, 2.75) is 12.8 Å². The fourth-order valence-corrected chi connectivity index (χ4v) is 3.26. The van der Waals surface area contributed by atoms with E-state index in [2.05, 4.69) is 18.2 Å². The van der Waals surface area contributed by atoms with Crippen LogP contribution in [0.5, 0.6) is 0 Å². The first-order chi connectivity index (χ1) is 5.90. The third-order valence-electron chi connectivity index (χ3n) is 3.77. The molecule has 12 heavy (non-hydrogen) atoms. The van der Waals surface area contributed by atoms with Gasteiger partial charge in [0.25, 0.3) is 0 Å². The van der Waals surface area contributed by atoms with Gasteiger partial charge in [-0.2, -0.15) is 0 Å². The van der Waals surface area contributed by atoms with Crippen LogP contribution in [0.15, 0.2) is 23.8 Å². The number of hydrogen-bond donors (Lipinski definition) is 0. The minimum Gasteiger partial charge on any atom is -0.298 e. The second-order valence-corrected chi connectivity index (χ2v) is 4.20. The van der Waals surface area contributed by atoms with Gasteiger partial charge in [-0.05, 0) is 42.1 Å². The average molecular weight is 160 g/mol. The van der Waals surface area contributed by atoms with Crippen LogP contribution in [-0.2, 0) is 4.79 Å². The number of aldehydes is 1. The number of fused-ring (bicyclic) bond motifs is 5. The number of allylic oxidation sites excluding steroid dienone is 4. The minimum atomic E-state index is 0.580. The predicted molar refractivity (Wildman–Crippen MR) is 46.5 cm³/mol. The molecule has 1 nitrogen and oxygen atoms in total. The highest BCUT2D eigenvalue weighted by atomic mass is 16.1. The molecule has 0 aromatic carbocycles. The predicted octanol–water partition coefficient (Wildman–Crippen LogP) is 1.95. The Morgan fingerprint density at radius 1 is 1.50 bits per heavy atom. The van der Waals surface area contributed by atoms with E-state index in [1.165, 1.54) is 12.8 Å². The van der Waals surface area contributed by atoms with Gasteiger partial charge in [0, 0.05) is 0 Å². The molecule has 0 aromatic rings. The lowest BCUT2D eigenvalue weighted by Crippen LogP contribution is -2.16. The smallest absolute Gasteiger partial charge is 0.146 e. The van der Waals surface area contributed by atoms with Gasteiger partial charge < -0.3 is 0 Å². The summed E-state index contributed by atoms with van der Waals surface area (Å²) in [5.74, 6) is 2.85. The van der Waals surface area contributed by atoms with Gasteiger partial charge in [0.2, 0.25) is 0 Å². The Bertz CT molecular complexity index is 287. The SMILES string of the molecule is O=CC1=C[C@@H]2C[C@H]1[C@@H]1C=CC[C@@H]12. The largest absolute Gasteiger partial charge is 0.298 e. The van der Waals surface area contributed by atoms with E-state index in [4.69, 9.17) is 0 Å². The van der Waals surface area contributed by atoms with E-state index in [-0.39, 0.29) is 0 Å². The van der Waals surface area contributed by atoms with Gasteiger partial charge in [-0.25, -0.2) is 0 Å². The first-order valence-electron chi connectivity index (χ1n) is 4.73. The Labute approximate surface area is 72.2 Å². The molecule has 0 spiro atoms. The maximum Gasteiger partial charge on any atom is 0.146 e. The molecule has 2 bridgehead atoms. The molecule has 0 aromatic heterocycles. The highest BCUT2D eigenvalue weighted by Gasteiger charge is 2.47. The van der Waals surface area contributed by atoms with Crippen molar-refractivity contribution in [1.82, 2.24) is 0 Å². The van der Waals surface area contributed by atoms with E-state index in [1.807, 2.05) is 0 Å². The van der Waals surface area contributed by atoms with E-state index >= 15 is 0 Å². The zero-order valence-electron chi connectivity index (χ0n) is 6.94. The number of hydrogen-bond acceptors (Lipinski definition) is 1. The lowest BCUT2D eigenvalue weighted by molar-refractivity contribution is -0.105. The van der Waals surface area contributed by atoms with Crippen molar-refractivity contribution >= 4 is 6.29 Å². The van der Waals surface area contributed by atoms with Crippen molar-refractivity contribution in [2.75, 3.05) is 0 Å². The number of rotatable bonds is 1. The van der Waals surface area contributed by atoms with Crippen LogP contribution >= 0.6 is 0 Å². The van der Waals surface area contributed by atoms with Crippen molar-refractivity contribution in [3.63, 3.8) is 0 Å². The maximum absolute atomic E-state index is 10.7. The molecule has 1 saturated carbocycles. The molecular formula is C11H12O. The Hall–Kier alpha value is -0.850. The topological polar surface area (TPSA) is 17.1 Å². The standard InChI is InChI=1S/C11H12O/c12-6-8-4-7-5-11(8)10-3-1-2-9(7)10/h1,3-4,6-7,9-11H,2,5H2/t7-,9-,10-,11-/m1/s1. The van der Waals surface area contributed by atoms with Crippen LogP contribution < -0.4 is 0 Å². The second kappa shape index (κ2) is 2.09. The Morgan fingerprint density at radius 2 is 2.42 bits per heavy atom. The summed E-state index contributed by atoms with van der Waals surface area (Å²) in [6.45, 7) is 0. The summed E-state index contributed by atoms with van der Waals surface area (Å²) in [5, 5.41) is 0. The van der Waals surface area contributed by atoms with Gasteiger partial charge in [0.15, 0.2) is 0 Å². The molecule has 0 aliphatic heterocycles. The highest BCUT2D eigenvalue weighted by Crippen LogP contribution is 2.55. The molecule has 4 atom stereocenters. The molecule has 1 heteroatoms. The first-order valence-corrected chi connectivity index (χ1v) is 4.73. The number of carbonyl (C=O) groups excluding carboxylic acids is 1. The summed E-state index contributed by atoms with van der Waals surface area (Å²) < 4.78 is 0.